The van der Waals surface area contributed by atoms with Crippen LogP contribution < -0.4 is 0 Å². The zero-order valence-electron chi connectivity index (χ0n) is 16.5. The van der Waals surface area contributed by atoms with Crippen LogP contribution in [0.2, 0.25) is 0 Å². The molecule has 2 atom stereocenters. The average Bonchev–Trinajstić information content (AvgIpc) is 2.69. The summed E-state index contributed by atoms with van der Waals surface area (Å²) in [6.45, 7) is 4.44. The molecule has 158 valence electrons. The number of carboxylic acid groups (broad SMARTS) is 1. The van der Waals surface area contributed by atoms with Gasteiger partial charge in [0, 0.05) is 26.2 Å². The maximum Gasteiger partial charge on any atom is 0.307 e. The van der Waals surface area contributed by atoms with E-state index in [1.807, 2.05) is 13.8 Å². The van der Waals surface area contributed by atoms with E-state index in [9.17, 15) is 27.5 Å². The Morgan fingerprint density at radius 2 is 1.48 bits per heavy atom. The second kappa shape index (κ2) is 8.23. The Bertz CT molecular complexity index is 934. The van der Waals surface area contributed by atoms with Crippen molar-refractivity contribution in [3.05, 3.63) is 41.2 Å². The molecular formula is C20H25FN2O5S. The number of sulfonamides is 1. The molecular weight excluding hydrogens is 399 g/mol. The number of rotatable bonds is 4. The lowest BCUT2D eigenvalue weighted by molar-refractivity contribution is -0.151. The molecule has 0 radical (unpaired) electrons. The molecule has 29 heavy (non-hydrogen) atoms. The Morgan fingerprint density at radius 3 is 2.00 bits per heavy atom. The molecule has 1 amide bonds. The Kier molecular flexibility index (Phi) is 6.09. The van der Waals surface area contributed by atoms with Crippen molar-refractivity contribution in [3.8, 4) is 0 Å². The quantitative estimate of drug-likeness (QED) is 0.747. The van der Waals surface area contributed by atoms with Crippen LogP contribution in [-0.4, -0.2) is 60.8 Å². The third kappa shape index (κ3) is 4.35. The van der Waals surface area contributed by atoms with Gasteiger partial charge in [-0.2, -0.15) is 4.31 Å². The lowest BCUT2D eigenvalue weighted by atomic mass is 9.76. The predicted octanol–water partition coefficient (Wildman–Crippen LogP) is 2.11. The smallest absolute Gasteiger partial charge is 0.307 e. The molecule has 3 rings (SSSR count). The van der Waals surface area contributed by atoms with Crippen molar-refractivity contribution in [1.29, 1.82) is 0 Å². The molecule has 0 aromatic heterocycles. The molecule has 1 heterocycles. The minimum absolute atomic E-state index is 0.00753. The predicted molar refractivity (Wildman–Crippen MR) is 104 cm³/mol. The Balaban J connectivity index is 1.69. The van der Waals surface area contributed by atoms with Crippen molar-refractivity contribution >= 4 is 21.9 Å². The molecule has 1 aliphatic carbocycles. The molecule has 1 aliphatic heterocycles. The second-order valence-corrected chi connectivity index (χ2v) is 9.64. The summed E-state index contributed by atoms with van der Waals surface area (Å²) >= 11 is 0. The molecule has 0 unspecified atom stereocenters. The highest BCUT2D eigenvalue weighted by Gasteiger charge is 2.40. The zero-order chi connectivity index (χ0) is 21.3. The van der Waals surface area contributed by atoms with Crippen LogP contribution in [0.1, 0.15) is 26.7 Å². The van der Waals surface area contributed by atoms with Gasteiger partial charge < -0.3 is 10.0 Å². The summed E-state index contributed by atoms with van der Waals surface area (Å²) in [5, 5.41) is 9.55. The number of hydrogen-bond acceptors (Lipinski definition) is 4. The number of carboxylic acids is 1. The fourth-order valence-electron chi connectivity index (χ4n) is 3.95. The standard InChI is InChI=1S/C20H25FN2O5S/c1-13-11-17(18(20(25)26)12-14(13)2)19(24)22-7-9-23(10-8-22)29(27,28)16-5-3-15(21)4-6-16/h3-6,17-18H,7-12H2,1-2H3,(H,25,26)/t17-,18+/m1/s1. The first-order valence-electron chi connectivity index (χ1n) is 9.54. The topological polar surface area (TPSA) is 95.0 Å². The van der Waals surface area contributed by atoms with E-state index in [1.165, 1.54) is 16.4 Å². The molecule has 9 heteroatoms. The largest absolute Gasteiger partial charge is 0.481 e. The van der Waals surface area contributed by atoms with Crippen LogP contribution in [0.25, 0.3) is 0 Å². The van der Waals surface area contributed by atoms with Crippen LogP contribution in [-0.2, 0) is 19.6 Å². The Morgan fingerprint density at radius 1 is 0.966 bits per heavy atom. The molecule has 1 N–H and O–H groups in total. The number of carbonyl (C=O) groups is 2. The summed E-state index contributed by atoms with van der Waals surface area (Å²) in [4.78, 5) is 26.2. The number of nitrogens with zero attached hydrogens (tertiary/aromatic N) is 2. The van der Waals surface area contributed by atoms with Gasteiger partial charge in [0.05, 0.1) is 16.7 Å². The van der Waals surface area contributed by atoms with Crippen molar-refractivity contribution in [1.82, 2.24) is 9.21 Å². The van der Waals surface area contributed by atoms with E-state index < -0.39 is 33.6 Å². The number of hydrogen-bond donors (Lipinski definition) is 1. The lowest BCUT2D eigenvalue weighted by Gasteiger charge is -2.38. The fraction of sp³-hybridized carbons (Fsp3) is 0.500. The summed E-state index contributed by atoms with van der Waals surface area (Å²) in [5.41, 5.74) is 2.05. The van der Waals surface area contributed by atoms with Crippen LogP contribution in [0, 0.1) is 17.7 Å². The molecule has 1 aromatic rings. The number of benzene rings is 1. The third-order valence-corrected chi connectivity index (χ3v) is 7.82. The molecule has 0 bridgehead atoms. The summed E-state index contributed by atoms with van der Waals surface area (Å²) in [6.07, 6.45) is 0.770. The number of amides is 1. The van der Waals surface area contributed by atoms with E-state index in [-0.39, 0.29) is 37.0 Å². The normalized spacial score (nSPS) is 23.9. The van der Waals surface area contributed by atoms with Gasteiger partial charge in [0.1, 0.15) is 5.82 Å². The first kappa shape index (κ1) is 21.4. The second-order valence-electron chi connectivity index (χ2n) is 7.70. The number of halogens is 1. The number of allylic oxidation sites excluding steroid dienone is 2. The number of aliphatic carboxylic acids is 1. The molecule has 1 fully saturated rings. The van der Waals surface area contributed by atoms with Crippen LogP contribution >= 0.6 is 0 Å². The van der Waals surface area contributed by atoms with Crippen LogP contribution in [0.5, 0.6) is 0 Å². The SMILES string of the molecule is CC1=C(C)C[C@@H](C(=O)N2CCN(S(=O)(=O)c3ccc(F)cc3)CC2)[C@@H](C(=O)O)C1. The molecule has 0 saturated carbocycles. The lowest BCUT2D eigenvalue weighted by Crippen LogP contribution is -2.53. The minimum atomic E-state index is -3.77. The van der Waals surface area contributed by atoms with Gasteiger partial charge in [-0.25, -0.2) is 12.8 Å². The molecule has 7 nitrogen and oxygen atoms in total. The summed E-state index contributed by atoms with van der Waals surface area (Å²) < 4.78 is 39.8. The monoisotopic (exact) mass is 424 g/mol. The molecule has 0 spiro atoms. The van der Waals surface area contributed by atoms with E-state index in [0.29, 0.717) is 12.8 Å². The van der Waals surface area contributed by atoms with E-state index in [1.54, 1.807) is 4.90 Å². The van der Waals surface area contributed by atoms with Gasteiger partial charge in [-0.1, -0.05) is 11.1 Å². The van der Waals surface area contributed by atoms with Crippen molar-refractivity contribution in [3.63, 3.8) is 0 Å². The van der Waals surface area contributed by atoms with Crippen molar-refractivity contribution < 1.29 is 27.5 Å². The maximum absolute atomic E-state index is 13.1. The highest BCUT2D eigenvalue weighted by atomic mass is 32.2. The zero-order valence-corrected chi connectivity index (χ0v) is 17.3. The fourth-order valence-corrected chi connectivity index (χ4v) is 5.37. The molecule has 1 saturated heterocycles. The minimum Gasteiger partial charge on any atom is -0.481 e. The number of carbonyl (C=O) groups excluding carboxylic acids is 1. The summed E-state index contributed by atoms with van der Waals surface area (Å²) in [5.74, 6) is -3.11. The highest BCUT2D eigenvalue weighted by Crippen LogP contribution is 2.35. The van der Waals surface area contributed by atoms with Gasteiger partial charge in [0.25, 0.3) is 0 Å². The van der Waals surface area contributed by atoms with E-state index >= 15 is 0 Å². The van der Waals surface area contributed by atoms with E-state index in [2.05, 4.69) is 0 Å². The third-order valence-electron chi connectivity index (χ3n) is 5.90. The van der Waals surface area contributed by atoms with Crippen molar-refractivity contribution in [2.45, 2.75) is 31.6 Å². The van der Waals surface area contributed by atoms with Gasteiger partial charge in [0.2, 0.25) is 15.9 Å². The van der Waals surface area contributed by atoms with Gasteiger partial charge in [-0.3, -0.25) is 9.59 Å². The molecule has 2 aliphatic rings. The number of piperazine rings is 1. The Hall–Kier alpha value is -2.26. The van der Waals surface area contributed by atoms with Crippen LogP contribution in [0.15, 0.2) is 40.3 Å². The van der Waals surface area contributed by atoms with Gasteiger partial charge >= 0.3 is 5.97 Å². The first-order chi connectivity index (χ1) is 13.6. The van der Waals surface area contributed by atoms with Crippen molar-refractivity contribution in [2.24, 2.45) is 11.8 Å². The summed E-state index contributed by atoms with van der Waals surface area (Å²) in [7, 11) is -3.77. The van der Waals surface area contributed by atoms with Gasteiger partial charge in [0.15, 0.2) is 0 Å². The van der Waals surface area contributed by atoms with Crippen LogP contribution in [0.4, 0.5) is 4.39 Å². The first-order valence-corrected chi connectivity index (χ1v) is 11.0. The van der Waals surface area contributed by atoms with Gasteiger partial charge in [-0.15, -0.1) is 0 Å². The molecule has 1 aromatic carbocycles. The van der Waals surface area contributed by atoms with Gasteiger partial charge in [-0.05, 0) is 51.0 Å². The Labute approximate surface area is 169 Å². The highest BCUT2D eigenvalue weighted by molar-refractivity contribution is 7.89. The van der Waals surface area contributed by atoms with E-state index in [4.69, 9.17) is 0 Å². The van der Waals surface area contributed by atoms with E-state index in [0.717, 1.165) is 23.3 Å². The average molecular weight is 424 g/mol. The van der Waals surface area contributed by atoms with Crippen molar-refractivity contribution in [2.75, 3.05) is 26.2 Å². The summed E-state index contributed by atoms with van der Waals surface area (Å²) in [6, 6.07) is 4.64. The maximum atomic E-state index is 13.1. The van der Waals surface area contributed by atoms with Crippen LogP contribution in [0.3, 0.4) is 0 Å².